The molecule has 0 spiro atoms. The summed E-state index contributed by atoms with van der Waals surface area (Å²) in [6, 6.07) is 5.71. The van der Waals surface area contributed by atoms with Crippen LogP contribution in [0.4, 0.5) is 11.6 Å². The molecule has 2 aromatic heterocycles. The molecule has 0 unspecified atom stereocenters. The van der Waals surface area contributed by atoms with Crippen molar-refractivity contribution in [3.8, 4) is 11.3 Å². The third-order valence-corrected chi connectivity index (χ3v) is 5.95. The van der Waals surface area contributed by atoms with E-state index in [2.05, 4.69) is 15.3 Å². The number of nitrogen functional groups attached to an aromatic ring is 1. The molecule has 3 N–H and O–H groups in total. The number of carbonyl (C=O) groups is 1. The molecule has 25 heavy (non-hydrogen) atoms. The summed E-state index contributed by atoms with van der Waals surface area (Å²) in [5.41, 5.74) is 8.07. The van der Waals surface area contributed by atoms with Crippen LogP contribution in [0, 0.1) is 0 Å². The molecule has 1 fully saturated rings. The topological polar surface area (TPSA) is 80.9 Å². The number of Topliss-reactive ketones (excluding diaryl/α,β-unsaturated/α-hetero) is 1. The number of aromatic nitrogens is 2. The number of halogens is 2. The van der Waals surface area contributed by atoms with Gasteiger partial charge in [0.25, 0.3) is 0 Å². The number of nitrogens with two attached hydrogens (primary N) is 1. The van der Waals surface area contributed by atoms with Gasteiger partial charge in [0.2, 0.25) is 5.95 Å². The number of hydrogen-bond donors (Lipinski definition) is 2. The first-order valence-electron chi connectivity index (χ1n) is 7.77. The molecule has 3 aromatic rings. The van der Waals surface area contributed by atoms with E-state index in [4.69, 9.17) is 28.9 Å². The highest BCUT2D eigenvalue weighted by molar-refractivity contribution is 7.21. The van der Waals surface area contributed by atoms with Gasteiger partial charge in [-0.25, -0.2) is 9.97 Å². The summed E-state index contributed by atoms with van der Waals surface area (Å²) in [4.78, 5) is 22.3. The lowest BCUT2D eigenvalue weighted by Gasteiger charge is -2.09. The summed E-state index contributed by atoms with van der Waals surface area (Å²) in [6.07, 6.45) is 2.21. The molecule has 4 rings (SSSR count). The van der Waals surface area contributed by atoms with E-state index in [1.165, 1.54) is 18.3 Å². The van der Waals surface area contributed by atoms with Crippen LogP contribution < -0.4 is 11.1 Å². The van der Waals surface area contributed by atoms with Crippen LogP contribution in [-0.2, 0) is 0 Å². The second kappa shape index (κ2) is 6.12. The molecule has 1 saturated carbocycles. The van der Waals surface area contributed by atoms with Gasteiger partial charge in [-0.3, -0.25) is 4.79 Å². The SMILES string of the molecule is CC(=O)c1sc2nc(NC3CC3)nc(-c3ccc(Cl)c(Cl)c3)c2c1N. The highest BCUT2D eigenvalue weighted by atomic mass is 35.5. The fourth-order valence-corrected chi connectivity index (χ4v) is 3.90. The van der Waals surface area contributed by atoms with Crippen molar-refractivity contribution in [2.24, 2.45) is 0 Å². The second-order valence-corrected chi connectivity index (χ2v) is 7.84. The van der Waals surface area contributed by atoms with E-state index in [1.54, 1.807) is 12.1 Å². The zero-order valence-corrected chi connectivity index (χ0v) is 15.6. The minimum atomic E-state index is -0.0858. The second-order valence-electron chi connectivity index (χ2n) is 6.02. The number of rotatable bonds is 4. The molecule has 1 aromatic carbocycles. The van der Waals surface area contributed by atoms with Crippen molar-refractivity contribution in [3.05, 3.63) is 33.1 Å². The summed E-state index contributed by atoms with van der Waals surface area (Å²) in [5.74, 6) is 0.449. The van der Waals surface area contributed by atoms with Crippen molar-refractivity contribution in [1.29, 1.82) is 0 Å². The molecule has 0 saturated heterocycles. The Bertz CT molecular complexity index is 1010. The van der Waals surface area contributed by atoms with Crippen LogP contribution >= 0.6 is 34.5 Å². The van der Waals surface area contributed by atoms with E-state index < -0.39 is 0 Å². The first-order valence-corrected chi connectivity index (χ1v) is 9.34. The van der Waals surface area contributed by atoms with Crippen LogP contribution in [0.1, 0.15) is 29.4 Å². The van der Waals surface area contributed by atoms with Crippen molar-refractivity contribution in [3.63, 3.8) is 0 Å². The van der Waals surface area contributed by atoms with Crippen molar-refractivity contribution in [1.82, 2.24) is 9.97 Å². The van der Waals surface area contributed by atoms with Gasteiger partial charge >= 0.3 is 0 Å². The summed E-state index contributed by atoms with van der Waals surface area (Å²) in [5, 5.41) is 4.88. The van der Waals surface area contributed by atoms with Gasteiger partial charge < -0.3 is 11.1 Å². The Balaban J connectivity index is 1.97. The van der Waals surface area contributed by atoms with Gasteiger partial charge in [-0.2, -0.15) is 0 Å². The summed E-state index contributed by atoms with van der Waals surface area (Å²) < 4.78 is 0. The number of ketones is 1. The number of nitrogens with zero attached hydrogens (tertiary/aromatic N) is 2. The fraction of sp³-hybridized carbons (Fsp3) is 0.235. The van der Waals surface area contributed by atoms with Crippen molar-refractivity contribution in [2.45, 2.75) is 25.8 Å². The molecule has 1 aliphatic carbocycles. The van der Waals surface area contributed by atoms with Crippen LogP contribution in [0.3, 0.4) is 0 Å². The summed E-state index contributed by atoms with van der Waals surface area (Å²) >= 11 is 13.5. The van der Waals surface area contributed by atoms with E-state index in [9.17, 15) is 4.79 Å². The van der Waals surface area contributed by atoms with Crippen molar-refractivity contribution >= 4 is 62.2 Å². The zero-order chi connectivity index (χ0) is 17.7. The molecule has 128 valence electrons. The van der Waals surface area contributed by atoms with Crippen molar-refractivity contribution < 1.29 is 4.79 Å². The maximum Gasteiger partial charge on any atom is 0.224 e. The Morgan fingerprint density at radius 1 is 1.28 bits per heavy atom. The molecule has 1 aliphatic rings. The lowest BCUT2D eigenvalue weighted by molar-refractivity contribution is 0.102. The number of hydrogen-bond acceptors (Lipinski definition) is 6. The Labute approximate surface area is 158 Å². The number of carbonyl (C=O) groups excluding carboxylic acids is 1. The van der Waals surface area contributed by atoms with Crippen LogP contribution in [0.25, 0.3) is 21.5 Å². The van der Waals surface area contributed by atoms with Gasteiger partial charge in [-0.15, -0.1) is 11.3 Å². The summed E-state index contributed by atoms with van der Waals surface area (Å²) in [7, 11) is 0. The maximum atomic E-state index is 11.9. The molecule has 0 aliphatic heterocycles. The lowest BCUT2D eigenvalue weighted by atomic mass is 10.1. The van der Waals surface area contributed by atoms with Crippen LogP contribution in [0.2, 0.25) is 10.0 Å². The molecular weight excluding hydrogens is 379 g/mol. The lowest BCUT2D eigenvalue weighted by Crippen LogP contribution is -2.06. The minimum absolute atomic E-state index is 0.0858. The highest BCUT2D eigenvalue weighted by Crippen LogP contribution is 2.40. The van der Waals surface area contributed by atoms with E-state index in [0.717, 1.165) is 18.4 Å². The first-order chi connectivity index (χ1) is 11.9. The van der Waals surface area contributed by atoms with Crippen LogP contribution in [0.15, 0.2) is 18.2 Å². The zero-order valence-electron chi connectivity index (χ0n) is 13.3. The van der Waals surface area contributed by atoms with Crippen LogP contribution in [-0.4, -0.2) is 21.8 Å². The number of nitrogens with one attached hydrogen (secondary N) is 1. The quantitative estimate of drug-likeness (QED) is 0.608. The van der Waals surface area contributed by atoms with Gasteiger partial charge in [0, 0.05) is 18.5 Å². The molecule has 8 heteroatoms. The Kier molecular flexibility index (Phi) is 4.06. The van der Waals surface area contributed by atoms with E-state index in [-0.39, 0.29) is 5.78 Å². The minimum Gasteiger partial charge on any atom is -0.397 e. The largest absolute Gasteiger partial charge is 0.397 e. The Morgan fingerprint density at radius 3 is 2.68 bits per heavy atom. The molecule has 0 bridgehead atoms. The average molecular weight is 393 g/mol. The standard InChI is InChI=1S/C17H14Cl2N4OS/c1-7(24)15-13(20)12-14(8-2-5-10(18)11(19)6-8)22-17(21-9-3-4-9)23-16(12)25-15/h2,5-6,9H,3-4,20H2,1H3,(H,21,22,23). The van der Waals surface area contributed by atoms with Gasteiger partial charge in [0.05, 0.1) is 31.7 Å². The van der Waals surface area contributed by atoms with Crippen molar-refractivity contribution in [2.75, 3.05) is 11.1 Å². The van der Waals surface area contributed by atoms with Crippen LogP contribution in [0.5, 0.6) is 0 Å². The number of anilines is 2. The smallest absolute Gasteiger partial charge is 0.224 e. The van der Waals surface area contributed by atoms with Gasteiger partial charge in [0.15, 0.2) is 5.78 Å². The summed E-state index contributed by atoms with van der Waals surface area (Å²) in [6.45, 7) is 1.50. The molecule has 0 radical (unpaired) electrons. The first kappa shape index (κ1) is 16.6. The van der Waals surface area contributed by atoms with E-state index in [1.807, 2.05) is 6.07 Å². The average Bonchev–Trinajstić information content (AvgIpc) is 3.31. The third-order valence-electron chi connectivity index (χ3n) is 4.01. The van der Waals surface area contributed by atoms with Gasteiger partial charge in [-0.05, 0) is 25.0 Å². The highest BCUT2D eigenvalue weighted by Gasteiger charge is 2.25. The van der Waals surface area contributed by atoms with E-state index in [0.29, 0.717) is 48.5 Å². The van der Waals surface area contributed by atoms with Gasteiger partial charge in [-0.1, -0.05) is 29.3 Å². The Morgan fingerprint density at radius 2 is 2.04 bits per heavy atom. The predicted octanol–water partition coefficient (Wildman–Crippen LogP) is 5.02. The normalized spacial score (nSPS) is 14.0. The fourth-order valence-electron chi connectivity index (χ4n) is 2.61. The molecular formula is C17H14Cl2N4OS. The molecule has 0 atom stereocenters. The monoisotopic (exact) mass is 392 g/mol. The third kappa shape index (κ3) is 3.05. The molecule has 2 heterocycles. The Hall–Kier alpha value is -1.89. The number of thiophene rings is 1. The number of fused-ring (bicyclic) bond motifs is 1. The number of benzene rings is 1. The molecule has 5 nitrogen and oxygen atoms in total. The van der Waals surface area contributed by atoms with E-state index >= 15 is 0 Å². The maximum absolute atomic E-state index is 11.9. The van der Waals surface area contributed by atoms with Gasteiger partial charge in [0.1, 0.15) is 4.83 Å². The predicted molar refractivity (Wildman–Crippen MR) is 104 cm³/mol. The molecule has 0 amide bonds.